The number of hydroxylamine groups is 2. The first kappa shape index (κ1) is 15.4. The van der Waals surface area contributed by atoms with Crippen molar-refractivity contribution in [3.63, 3.8) is 0 Å². The Morgan fingerprint density at radius 2 is 1.48 bits per heavy atom. The highest BCUT2D eigenvalue weighted by Gasteiger charge is 2.36. The molecule has 0 radical (unpaired) electrons. The molecule has 0 unspecified atom stereocenters. The molecular formula is C18H18N2O3. The van der Waals surface area contributed by atoms with E-state index in [0.29, 0.717) is 17.7 Å². The fourth-order valence-corrected chi connectivity index (χ4v) is 2.55. The maximum atomic E-state index is 12.1. The molecule has 118 valence electrons. The molecular weight excluding hydrogens is 292 g/mol. The van der Waals surface area contributed by atoms with Crippen LogP contribution in [-0.2, 0) is 11.4 Å². The molecule has 2 aromatic rings. The first-order valence-electron chi connectivity index (χ1n) is 7.50. The Hall–Kier alpha value is -2.50. The molecule has 0 aliphatic carbocycles. The van der Waals surface area contributed by atoms with Crippen LogP contribution < -0.4 is 0 Å². The average Bonchev–Trinajstić information content (AvgIpc) is 2.81. The fraction of sp³-hybridized carbons (Fsp3) is 0.222. The normalized spacial score (nSPS) is 13.7. The standard InChI is InChI=1S/C18H18N2O3/c1-19(13-14-7-3-2-4-8-14)11-12-23-20-17(21)15-9-5-6-10-16(15)18(20)22/h2-10H,11-13H2,1H3. The zero-order chi connectivity index (χ0) is 16.2. The topological polar surface area (TPSA) is 49.9 Å². The summed E-state index contributed by atoms with van der Waals surface area (Å²) < 4.78 is 0. The van der Waals surface area contributed by atoms with Gasteiger partial charge in [-0.1, -0.05) is 42.5 Å². The summed E-state index contributed by atoms with van der Waals surface area (Å²) in [6, 6.07) is 16.8. The van der Waals surface area contributed by atoms with Crippen molar-refractivity contribution in [2.75, 3.05) is 20.2 Å². The zero-order valence-corrected chi connectivity index (χ0v) is 12.9. The van der Waals surface area contributed by atoms with Crippen LogP contribution >= 0.6 is 0 Å². The zero-order valence-electron chi connectivity index (χ0n) is 12.9. The summed E-state index contributed by atoms with van der Waals surface area (Å²) in [6.07, 6.45) is 0. The summed E-state index contributed by atoms with van der Waals surface area (Å²) in [4.78, 5) is 31.8. The first-order chi connectivity index (χ1) is 11.2. The fourth-order valence-electron chi connectivity index (χ4n) is 2.55. The van der Waals surface area contributed by atoms with Crippen molar-refractivity contribution in [2.45, 2.75) is 6.54 Å². The minimum Gasteiger partial charge on any atom is -0.300 e. The van der Waals surface area contributed by atoms with Crippen molar-refractivity contribution in [1.29, 1.82) is 0 Å². The summed E-state index contributed by atoms with van der Waals surface area (Å²) in [7, 11) is 1.97. The number of likely N-dealkylation sites (N-methyl/N-ethyl adjacent to an activating group) is 1. The molecule has 5 heteroatoms. The van der Waals surface area contributed by atoms with Gasteiger partial charge in [0.15, 0.2) is 0 Å². The molecule has 1 aliphatic rings. The quantitative estimate of drug-likeness (QED) is 0.769. The number of fused-ring (bicyclic) bond motifs is 1. The van der Waals surface area contributed by atoms with Crippen molar-refractivity contribution in [2.24, 2.45) is 0 Å². The predicted octanol–water partition coefficient (Wildman–Crippen LogP) is 2.35. The van der Waals surface area contributed by atoms with Crippen LogP contribution in [0.25, 0.3) is 0 Å². The van der Waals surface area contributed by atoms with Gasteiger partial charge in [0, 0.05) is 13.1 Å². The van der Waals surface area contributed by atoms with Crippen LogP contribution in [0.4, 0.5) is 0 Å². The van der Waals surface area contributed by atoms with Gasteiger partial charge in [0.2, 0.25) is 0 Å². The minimum atomic E-state index is -0.392. The predicted molar refractivity (Wildman–Crippen MR) is 85.7 cm³/mol. The van der Waals surface area contributed by atoms with Gasteiger partial charge in [0.05, 0.1) is 17.7 Å². The molecule has 0 fully saturated rings. The smallest absolute Gasteiger partial charge is 0.285 e. The molecule has 23 heavy (non-hydrogen) atoms. The molecule has 3 rings (SSSR count). The maximum absolute atomic E-state index is 12.1. The SMILES string of the molecule is CN(CCON1C(=O)c2ccccc2C1=O)Cc1ccccc1. The summed E-state index contributed by atoms with van der Waals surface area (Å²) in [5.74, 6) is -0.785. The number of carbonyl (C=O) groups excluding carboxylic acids is 2. The monoisotopic (exact) mass is 310 g/mol. The second-order valence-electron chi connectivity index (χ2n) is 5.51. The Bertz CT molecular complexity index is 680. The number of amides is 2. The number of hydrogen-bond acceptors (Lipinski definition) is 4. The Balaban J connectivity index is 1.52. The molecule has 2 aromatic carbocycles. The van der Waals surface area contributed by atoms with Crippen molar-refractivity contribution in [1.82, 2.24) is 9.96 Å². The molecule has 0 saturated carbocycles. The van der Waals surface area contributed by atoms with E-state index in [1.807, 2.05) is 25.2 Å². The molecule has 5 nitrogen and oxygen atoms in total. The van der Waals surface area contributed by atoms with Gasteiger partial charge in [-0.2, -0.15) is 0 Å². The Morgan fingerprint density at radius 1 is 0.913 bits per heavy atom. The molecule has 0 atom stereocenters. The molecule has 0 saturated heterocycles. The molecule has 1 heterocycles. The second kappa shape index (κ2) is 6.73. The first-order valence-corrected chi connectivity index (χ1v) is 7.50. The third-order valence-electron chi connectivity index (χ3n) is 3.75. The van der Waals surface area contributed by atoms with Gasteiger partial charge < -0.3 is 0 Å². The highest BCUT2D eigenvalue weighted by molar-refractivity contribution is 6.20. The van der Waals surface area contributed by atoms with Crippen molar-refractivity contribution in [3.8, 4) is 0 Å². The lowest BCUT2D eigenvalue weighted by atomic mass is 10.1. The van der Waals surface area contributed by atoms with Crippen LogP contribution in [-0.4, -0.2) is 42.0 Å². The van der Waals surface area contributed by atoms with E-state index in [1.54, 1.807) is 24.3 Å². The lowest BCUT2D eigenvalue weighted by Gasteiger charge is -2.19. The van der Waals surface area contributed by atoms with Crippen molar-refractivity contribution in [3.05, 3.63) is 71.3 Å². The summed E-state index contributed by atoms with van der Waals surface area (Å²) >= 11 is 0. The molecule has 2 amide bonds. The van der Waals surface area contributed by atoms with E-state index in [2.05, 4.69) is 17.0 Å². The van der Waals surface area contributed by atoms with Crippen molar-refractivity contribution >= 4 is 11.8 Å². The Morgan fingerprint density at radius 3 is 2.09 bits per heavy atom. The van der Waals surface area contributed by atoms with Gasteiger partial charge in [-0.25, -0.2) is 0 Å². The third-order valence-corrected chi connectivity index (χ3v) is 3.75. The Kier molecular flexibility index (Phi) is 4.50. The average molecular weight is 310 g/mol. The number of hydrogen-bond donors (Lipinski definition) is 0. The van der Waals surface area contributed by atoms with Crippen LogP contribution in [0.5, 0.6) is 0 Å². The number of carbonyl (C=O) groups is 2. The molecule has 1 aliphatic heterocycles. The minimum absolute atomic E-state index is 0.273. The van der Waals surface area contributed by atoms with E-state index in [-0.39, 0.29) is 6.61 Å². The van der Waals surface area contributed by atoms with Crippen LogP contribution in [0.1, 0.15) is 26.3 Å². The molecule has 0 bridgehead atoms. The molecule has 0 spiro atoms. The van der Waals surface area contributed by atoms with E-state index in [9.17, 15) is 9.59 Å². The van der Waals surface area contributed by atoms with Crippen LogP contribution in [0.3, 0.4) is 0 Å². The molecule has 0 aromatic heterocycles. The third kappa shape index (κ3) is 3.31. The summed E-state index contributed by atoms with van der Waals surface area (Å²) in [6.45, 7) is 1.67. The van der Waals surface area contributed by atoms with E-state index >= 15 is 0 Å². The largest absolute Gasteiger partial charge is 0.300 e. The highest BCUT2D eigenvalue weighted by Crippen LogP contribution is 2.22. The van der Waals surface area contributed by atoms with Crippen LogP contribution in [0.2, 0.25) is 0 Å². The summed E-state index contributed by atoms with van der Waals surface area (Å²) in [5.41, 5.74) is 2.00. The van der Waals surface area contributed by atoms with Crippen molar-refractivity contribution < 1.29 is 14.4 Å². The van der Waals surface area contributed by atoms with Gasteiger partial charge in [-0.05, 0) is 24.7 Å². The van der Waals surface area contributed by atoms with Gasteiger partial charge >= 0.3 is 0 Å². The number of imide groups is 1. The number of benzene rings is 2. The lowest BCUT2D eigenvalue weighted by Crippen LogP contribution is -2.33. The lowest BCUT2D eigenvalue weighted by molar-refractivity contribution is -0.0950. The van der Waals surface area contributed by atoms with Gasteiger partial charge in [-0.3, -0.25) is 19.3 Å². The molecule has 0 N–H and O–H groups in total. The Labute approximate surface area is 135 Å². The number of nitrogens with zero attached hydrogens (tertiary/aromatic N) is 2. The highest BCUT2D eigenvalue weighted by atomic mass is 16.7. The van der Waals surface area contributed by atoms with E-state index < -0.39 is 11.8 Å². The maximum Gasteiger partial charge on any atom is 0.285 e. The second-order valence-corrected chi connectivity index (χ2v) is 5.51. The summed E-state index contributed by atoms with van der Waals surface area (Å²) in [5, 5.41) is 0.862. The number of rotatable bonds is 6. The van der Waals surface area contributed by atoms with Gasteiger partial charge in [0.1, 0.15) is 0 Å². The van der Waals surface area contributed by atoms with Crippen LogP contribution in [0.15, 0.2) is 54.6 Å². The van der Waals surface area contributed by atoms with E-state index in [1.165, 1.54) is 5.56 Å². The van der Waals surface area contributed by atoms with E-state index in [4.69, 9.17) is 4.84 Å². The van der Waals surface area contributed by atoms with Gasteiger partial charge in [0.25, 0.3) is 11.8 Å². The van der Waals surface area contributed by atoms with E-state index in [0.717, 1.165) is 11.6 Å². The van der Waals surface area contributed by atoms with Gasteiger partial charge in [-0.15, -0.1) is 5.06 Å². The van der Waals surface area contributed by atoms with Crippen LogP contribution in [0, 0.1) is 0 Å².